The lowest BCUT2D eigenvalue weighted by Gasteiger charge is -2.42. The summed E-state index contributed by atoms with van der Waals surface area (Å²) in [4.78, 5) is 17.2. The fourth-order valence-corrected chi connectivity index (χ4v) is 5.46. The lowest BCUT2D eigenvalue weighted by molar-refractivity contribution is -0.121. The summed E-state index contributed by atoms with van der Waals surface area (Å²) in [6.07, 6.45) is 1.79. The smallest absolute Gasteiger partial charge is 0.256 e. The molecule has 0 aliphatic carbocycles. The van der Waals surface area contributed by atoms with Crippen LogP contribution in [0.25, 0.3) is 0 Å². The van der Waals surface area contributed by atoms with Gasteiger partial charge >= 0.3 is 0 Å². The molecule has 2 fully saturated rings. The molecule has 4 nitrogen and oxygen atoms in total. The van der Waals surface area contributed by atoms with Crippen molar-refractivity contribution in [2.24, 2.45) is 0 Å². The highest BCUT2D eigenvalue weighted by Crippen LogP contribution is 2.47. The van der Waals surface area contributed by atoms with Crippen LogP contribution in [0.2, 0.25) is 0 Å². The van der Waals surface area contributed by atoms with Crippen LogP contribution < -0.4 is 10.2 Å². The largest absolute Gasteiger partial charge is 0.379 e. The van der Waals surface area contributed by atoms with Crippen molar-refractivity contribution in [3.05, 3.63) is 59.7 Å². The molecule has 3 aliphatic rings. The van der Waals surface area contributed by atoms with E-state index in [1.165, 1.54) is 16.8 Å². The third kappa shape index (κ3) is 2.34. The second-order valence-electron chi connectivity index (χ2n) is 7.74. The van der Waals surface area contributed by atoms with Crippen LogP contribution in [0.3, 0.4) is 0 Å². The molecule has 2 aromatic rings. The maximum atomic E-state index is 13.3. The molecule has 138 valence electrons. The molecule has 5 rings (SSSR count). The molecule has 1 amide bonds. The van der Waals surface area contributed by atoms with Crippen molar-refractivity contribution in [1.29, 1.82) is 0 Å². The van der Waals surface area contributed by atoms with Crippen LogP contribution in [0.5, 0.6) is 0 Å². The van der Waals surface area contributed by atoms with Gasteiger partial charge in [0.05, 0.1) is 11.7 Å². The van der Waals surface area contributed by atoms with E-state index in [0.29, 0.717) is 11.0 Å². The number of benzene rings is 2. The van der Waals surface area contributed by atoms with Gasteiger partial charge in [-0.15, -0.1) is 0 Å². The number of nitrogens with one attached hydrogen (secondary N) is 1. The van der Waals surface area contributed by atoms with Gasteiger partial charge in [-0.2, -0.15) is 0 Å². The first kappa shape index (κ1) is 16.8. The molecular formula is C22H23N3OS. The maximum absolute atomic E-state index is 13.3. The van der Waals surface area contributed by atoms with E-state index < -0.39 is 0 Å². The second-order valence-corrected chi connectivity index (χ2v) is 8.10. The molecule has 3 heterocycles. The van der Waals surface area contributed by atoms with E-state index >= 15 is 0 Å². The zero-order valence-electron chi connectivity index (χ0n) is 15.6. The second kappa shape index (κ2) is 6.06. The first-order valence-electron chi connectivity index (χ1n) is 9.70. The zero-order chi connectivity index (χ0) is 18.7. The summed E-state index contributed by atoms with van der Waals surface area (Å²) in [5.41, 5.74) is 4.67. The average Bonchev–Trinajstić information content (AvgIpc) is 3.18. The normalized spacial score (nSPS) is 28.7. The molecule has 0 radical (unpaired) electrons. The lowest BCUT2D eigenvalue weighted by Crippen LogP contribution is -2.55. The number of anilines is 2. The number of thiocarbonyl (C=S) groups is 1. The molecule has 0 aromatic heterocycles. The first-order valence-corrected chi connectivity index (χ1v) is 10.1. The van der Waals surface area contributed by atoms with E-state index in [1.54, 1.807) is 4.90 Å². The number of hydrogen-bond acceptors (Lipinski definition) is 3. The number of para-hydroxylation sites is 1. The number of rotatable bonds is 2. The highest BCUT2D eigenvalue weighted by molar-refractivity contribution is 7.80. The van der Waals surface area contributed by atoms with Gasteiger partial charge in [0.1, 0.15) is 6.04 Å². The topological polar surface area (TPSA) is 35.6 Å². The summed E-state index contributed by atoms with van der Waals surface area (Å²) in [5, 5.41) is 4.31. The van der Waals surface area contributed by atoms with Gasteiger partial charge in [-0.1, -0.05) is 37.3 Å². The van der Waals surface area contributed by atoms with E-state index in [0.717, 1.165) is 18.5 Å². The maximum Gasteiger partial charge on any atom is 0.256 e. The molecule has 4 atom stereocenters. The van der Waals surface area contributed by atoms with E-state index in [2.05, 4.69) is 60.5 Å². The van der Waals surface area contributed by atoms with E-state index in [4.69, 9.17) is 12.2 Å². The van der Waals surface area contributed by atoms with Gasteiger partial charge in [-0.05, 0) is 61.3 Å². The summed E-state index contributed by atoms with van der Waals surface area (Å²) in [6.45, 7) is 4.32. The Morgan fingerprint density at radius 1 is 1.15 bits per heavy atom. The quantitative estimate of drug-likeness (QED) is 0.805. The monoisotopic (exact) mass is 377 g/mol. The molecule has 5 heteroatoms. The summed E-state index contributed by atoms with van der Waals surface area (Å²) in [6, 6.07) is 16.9. The van der Waals surface area contributed by atoms with Gasteiger partial charge in [0.25, 0.3) is 5.91 Å². The van der Waals surface area contributed by atoms with Gasteiger partial charge in [0.2, 0.25) is 0 Å². The van der Waals surface area contributed by atoms with Gasteiger partial charge in [0.15, 0.2) is 5.11 Å². The van der Waals surface area contributed by atoms with Gasteiger partial charge < -0.3 is 10.2 Å². The third-order valence-electron chi connectivity index (χ3n) is 6.41. The standard InChI is InChI=1S/C22H23N3OS/c1-3-14-8-10-15(11-9-14)25-21(26)19-12-17-16-6-4-5-7-18(16)23-20(17)13(2)24(19)22(25)27/h4-11,13,17,19-20,23H,3,12H2,1-2H3/t13-,17-,19+,20-/m1/s1. The van der Waals surface area contributed by atoms with Crippen molar-refractivity contribution in [3.63, 3.8) is 0 Å². The van der Waals surface area contributed by atoms with Crippen molar-refractivity contribution in [3.8, 4) is 0 Å². The molecule has 2 saturated heterocycles. The van der Waals surface area contributed by atoms with Crippen LogP contribution in [-0.2, 0) is 11.2 Å². The van der Waals surface area contributed by atoms with Crippen LogP contribution >= 0.6 is 12.2 Å². The van der Waals surface area contributed by atoms with Crippen LogP contribution in [0.1, 0.15) is 37.3 Å². The van der Waals surface area contributed by atoms with Crippen LogP contribution in [0.15, 0.2) is 48.5 Å². The minimum absolute atomic E-state index is 0.110. The molecule has 27 heavy (non-hydrogen) atoms. The molecule has 0 spiro atoms. The van der Waals surface area contributed by atoms with Crippen molar-refractivity contribution in [2.75, 3.05) is 10.2 Å². The molecule has 0 saturated carbocycles. The van der Waals surface area contributed by atoms with Gasteiger partial charge in [-0.25, -0.2) is 0 Å². The molecule has 2 aromatic carbocycles. The molecular weight excluding hydrogens is 354 g/mol. The summed E-state index contributed by atoms with van der Waals surface area (Å²) < 4.78 is 0. The Morgan fingerprint density at radius 2 is 1.89 bits per heavy atom. The fourth-order valence-electron chi connectivity index (χ4n) is 4.97. The van der Waals surface area contributed by atoms with Crippen molar-refractivity contribution in [2.45, 2.75) is 50.7 Å². The Kier molecular flexibility index (Phi) is 3.76. The number of nitrogens with zero attached hydrogens (tertiary/aromatic N) is 2. The number of hydrogen-bond donors (Lipinski definition) is 1. The summed E-state index contributed by atoms with van der Waals surface area (Å²) in [7, 11) is 0. The Balaban J connectivity index is 1.49. The number of carbonyl (C=O) groups excluding carboxylic acids is 1. The van der Waals surface area contributed by atoms with Crippen LogP contribution in [0.4, 0.5) is 11.4 Å². The minimum Gasteiger partial charge on any atom is -0.379 e. The molecule has 0 bridgehead atoms. The Bertz CT molecular complexity index is 925. The molecule has 1 N–H and O–H groups in total. The predicted octanol–water partition coefficient (Wildman–Crippen LogP) is 3.92. The van der Waals surface area contributed by atoms with Crippen LogP contribution in [0, 0.1) is 0 Å². The number of amides is 1. The Hall–Kier alpha value is -2.40. The van der Waals surface area contributed by atoms with E-state index in [1.807, 2.05) is 12.1 Å². The van der Waals surface area contributed by atoms with Crippen LogP contribution in [-0.4, -0.2) is 34.0 Å². The van der Waals surface area contributed by atoms with Gasteiger partial charge in [0, 0.05) is 17.6 Å². The molecule has 0 unspecified atom stereocenters. The highest BCUT2D eigenvalue weighted by Gasteiger charge is 2.54. The van der Waals surface area contributed by atoms with Gasteiger partial charge in [-0.3, -0.25) is 9.69 Å². The van der Waals surface area contributed by atoms with E-state index in [9.17, 15) is 4.79 Å². The van der Waals surface area contributed by atoms with E-state index in [-0.39, 0.29) is 24.0 Å². The lowest BCUT2D eigenvalue weighted by atomic mass is 9.81. The first-order chi connectivity index (χ1) is 13.1. The number of fused-ring (bicyclic) bond motifs is 4. The molecule has 3 aliphatic heterocycles. The predicted molar refractivity (Wildman–Crippen MR) is 112 cm³/mol. The third-order valence-corrected chi connectivity index (χ3v) is 6.80. The SMILES string of the molecule is CCc1ccc(N2C(=O)[C@@H]3C[C@@H]4c5ccccc5N[C@@H]4[C@@H](C)N3C2=S)cc1. The van der Waals surface area contributed by atoms with Crippen molar-refractivity contribution in [1.82, 2.24) is 4.90 Å². The summed E-state index contributed by atoms with van der Waals surface area (Å²) in [5.74, 6) is 0.463. The number of piperidine rings is 1. The fraction of sp³-hybridized carbons (Fsp3) is 0.364. The number of aryl methyl sites for hydroxylation is 1. The summed E-state index contributed by atoms with van der Waals surface area (Å²) >= 11 is 5.79. The Labute approximate surface area is 165 Å². The number of carbonyl (C=O) groups is 1. The van der Waals surface area contributed by atoms with Crippen molar-refractivity contribution < 1.29 is 4.79 Å². The zero-order valence-corrected chi connectivity index (χ0v) is 16.4. The highest BCUT2D eigenvalue weighted by atomic mass is 32.1. The Morgan fingerprint density at radius 3 is 2.63 bits per heavy atom. The minimum atomic E-state index is -0.174. The average molecular weight is 378 g/mol. The van der Waals surface area contributed by atoms with Crippen molar-refractivity contribution >= 4 is 34.6 Å².